The maximum atomic E-state index is 11.8. The number of hydrogen-bond acceptors (Lipinski definition) is 2. The number of ether oxygens (including phenoxy) is 1. The second-order valence-corrected chi connectivity index (χ2v) is 5.96. The van der Waals surface area contributed by atoms with Crippen molar-refractivity contribution in [2.45, 2.75) is 32.1 Å². The number of carbonyl (C=O) groups excluding carboxylic acids is 1. The minimum absolute atomic E-state index is 0.0361. The largest absolute Gasteiger partial charge is 0.492 e. The van der Waals surface area contributed by atoms with Crippen molar-refractivity contribution in [2.75, 3.05) is 7.11 Å². The lowest BCUT2D eigenvalue weighted by Crippen LogP contribution is -2.28. The predicted octanol–water partition coefficient (Wildman–Crippen LogP) is 3.75. The Kier molecular flexibility index (Phi) is 3.24. The van der Waals surface area contributed by atoms with Crippen molar-refractivity contribution in [2.24, 2.45) is 0 Å². The molecule has 1 aromatic carbocycles. The van der Waals surface area contributed by atoms with Gasteiger partial charge in [0.1, 0.15) is 0 Å². The van der Waals surface area contributed by atoms with Crippen molar-refractivity contribution in [3.63, 3.8) is 0 Å². The van der Waals surface area contributed by atoms with Crippen molar-refractivity contribution in [1.29, 1.82) is 0 Å². The molecule has 1 unspecified atom stereocenters. The molecule has 1 aliphatic rings. The molecule has 2 rings (SSSR count). The van der Waals surface area contributed by atoms with Crippen molar-refractivity contribution < 1.29 is 9.53 Å². The summed E-state index contributed by atoms with van der Waals surface area (Å²) < 4.78 is 4.94. The summed E-state index contributed by atoms with van der Waals surface area (Å²) in [4.78, 5) is 11.8. The average molecular weight is 265 g/mol. The fourth-order valence-corrected chi connectivity index (χ4v) is 2.48. The summed E-state index contributed by atoms with van der Waals surface area (Å²) in [5.74, 6) is -0.0804. The van der Waals surface area contributed by atoms with Gasteiger partial charge in [-0.3, -0.25) is 4.79 Å². The molecule has 0 aliphatic heterocycles. The number of methoxy groups -OCH3 is 1. The van der Waals surface area contributed by atoms with Gasteiger partial charge in [-0.05, 0) is 16.5 Å². The molecule has 96 valence electrons. The highest BCUT2D eigenvalue weighted by Crippen LogP contribution is 2.42. The second kappa shape index (κ2) is 4.43. The lowest BCUT2D eigenvalue weighted by Gasteiger charge is -2.27. The SMILES string of the molecule is COC1=C(Cl)C(c2ccc(C(C)(C)C)cc2)C1=O. The highest BCUT2D eigenvalue weighted by molar-refractivity contribution is 6.39. The minimum Gasteiger partial charge on any atom is -0.492 e. The van der Waals surface area contributed by atoms with E-state index in [0.717, 1.165) is 5.56 Å². The molecule has 1 aromatic rings. The van der Waals surface area contributed by atoms with Crippen molar-refractivity contribution in [3.8, 4) is 0 Å². The Balaban J connectivity index is 2.28. The van der Waals surface area contributed by atoms with E-state index >= 15 is 0 Å². The van der Waals surface area contributed by atoms with E-state index in [2.05, 4.69) is 32.9 Å². The highest BCUT2D eigenvalue weighted by atomic mass is 35.5. The molecule has 0 bridgehead atoms. The zero-order valence-corrected chi connectivity index (χ0v) is 11.8. The number of hydrogen-bond donors (Lipinski definition) is 0. The van der Waals surface area contributed by atoms with Gasteiger partial charge >= 0.3 is 0 Å². The van der Waals surface area contributed by atoms with Gasteiger partial charge < -0.3 is 4.74 Å². The van der Waals surface area contributed by atoms with Crippen LogP contribution in [0, 0.1) is 0 Å². The van der Waals surface area contributed by atoms with Gasteiger partial charge in [0, 0.05) is 0 Å². The normalized spacial score (nSPS) is 19.8. The molecule has 2 nitrogen and oxygen atoms in total. The van der Waals surface area contributed by atoms with E-state index in [0.29, 0.717) is 10.8 Å². The van der Waals surface area contributed by atoms with Gasteiger partial charge in [-0.15, -0.1) is 0 Å². The summed E-state index contributed by atoms with van der Waals surface area (Å²) in [7, 11) is 1.47. The van der Waals surface area contributed by atoms with Crippen LogP contribution >= 0.6 is 11.6 Å². The summed E-state index contributed by atoms with van der Waals surface area (Å²) in [5, 5.41) is 0.506. The molecular formula is C15H17ClO2. The average Bonchev–Trinajstić information content (AvgIpc) is 2.29. The van der Waals surface area contributed by atoms with Crippen molar-refractivity contribution in [3.05, 3.63) is 46.2 Å². The Hall–Kier alpha value is -1.28. The fourth-order valence-electron chi connectivity index (χ4n) is 2.09. The quantitative estimate of drug-likeness (QED) is 0.813. The molecular weight excluding hydrogens is 248 g/mol. The van der Waals surface area contributed by atoms with Gasteiger partial charge in [0.25, 0.3) is 0 Å². The van der Waals surface area contributed by atoms with Crippen LogP contribution in [0.1, 0.15) is 37.8 Å². The molecule has 0 saturated carbocycles. The molecule has 0 radical (unpaired) electrons. The summed E-state index contributed by atoms with van der Waals surface area (Å²) in [6.07, 6.45) is 0. The van der Waals surface area contributed by atoms with E-state index < -0.39 is 0 Å². The number of ketones is 1. The number of allylic oxidation sites excluding steroid dienone is 2. The Morgan fingerprint density at radius 1 is 1.17 bits per heavy atom. The second-order valence-electron chi connectivity index (χ2n) is 5.55. The van der Waals surface area contributed by atoms with Gasteiger partial charge in [-0.25, -0.2) is 0 Å². The standard InChI is InChI=1S/C15H17ClO2/c1-15(2,3)10-7-5-9(6-8-10)11-12(16)14(18-4)13(11)17/h5-8,11H,1-4H3. The Morgan fingerprint density at radius 3 is 2.11 bits per heavy atom. The number of halogens is 1. The molecule has 18 heavy (non-hydrogen) atoms. The van der Waals surface area contributed by atoms with Crippen LogP contribution in [0.25, 0.3) is 0 Å². The van der Waals surface area contributed by atoms with Crippen LogP contribution in [-0.2, 0) is 14.9 Å². The molecule has 1 atom stereocenters. The Labute approximate surface area is 113 Å². The van der Waals surface area contributed by atoms with Gasteiger partial charge in [-0.1, -0.05) is 56.6 Å². The van der Waals surface area contributed by atoms with E-state index in [1.165, 1.54) is 12.7 Å². The first-order valence-electron chi connectivity index (χ1n) is 5.94. The topological polar surface area (TPSA) is 26.3 Å². The molecule has 0 saturated heterocycles. The third kappa shape index (κ3) is 2.05. The molecule has 1 aliphatic carbocycles. The summed E-state index contributed by atoms with van der Waals surface area (Å²) in [6.45, 7) is 6.48. The summed E-state index contributed by atoms with van der Waals surface area (Å²) >= 11 is 6.07. The van der Waals surface area contributed by atoms with E-state index in [-0.39, 0.29) is 17.1 Å². The lowest BCUT2D eigenvalue weighted by molar-refractivity contribution is -0.121. The van der Waals surface area contributed by atoms with E-state index in [1.807, 2.05) is 12.1 Å². The predicted molar refractivity (Wildman–Crippen MR) is 72.8 cm³/mol. The molecule has 0 aromatic heterocycles. The minimum atomic E-state index is -0.337. The van der Waals surface area contributed by atoms with Crippen LogP contribution in [0.15, 0.2) is 35.1 Å². The summed E-state index contributed by atoms with van der Waals surface area (Å²) in [5.41, 5.74) is 2.28. The van der Waals surface area contributed by atoms with Gasteiger partial charge in [-0.2, -0.15) is 0 Å². The zero-order valence-electron chi connectivity index (χ0n) is 11.1. The van der Waals surface area contributed by atoms with Crippen LogP contribution in [0.4, 0.5) is 0 Å². The Bertz CT molecular complexity index is 506. The molecule has 0 fully saturated rings. The van der Waals surface area contributed by atoms with E-state index in [4.69, 9.17) is 16.3 Å². The van der Waals surface area contributed by atoms with Crippen molar-refractivity contribution in [1.82, 2.24) is 0 Å². The smallest absolute Gasteiger partial charge is 0.211 e. The monoisotopic (exact) mass is 264 g/mol. The first-order chi connectivity index (χ1) is 8.36. The third-order valence-electron chi connectivity index (χ3n) is 3.27. The lowest BCUT2D eigenvalue weighted by atomic mass is 9.81. The molecule has 0 amide bonds. The number of carbonyl (C=O) groups is 1. The first kappa shape index (κ1) is 13.2. The van der Waals surface area contributed by atoms with Gasteiger partial charge in [0.05, 0.1) is 18.1 Å². The number of Topliss-reactive ketones (excluding diaryl/α,β-unsaturated/α-hetero) is 1. The molecule has 3 heteroatoms. The van der Waals surface area contributed by atoms with Crippen LogP contribution in [0.5, 0.6) is 0 Å². The maximum Gasteiger partial charge on any atom is 0.211 e. The van der Waals surface area contributed by atoms with Gasteiger partial charge in [0.15, 0.2) is 5.76 Å². The van der Waals surface area contributed by atoms with Gasteiger partial charge in [0.2, 0.25) is 5.78 Å². The maximum absolute atomic E-state index is 11.8. The van der Waals surface area contributed by atoms with Crippen LogP contribution in [0.3, 0.4) is 0 Å². The van der Waals surface area contributed by atoms with Crippen molar-refractivity contribution >= 4 is 17.4 Å². The highest BCUT2D eigenvalue weighted by Gasteiger charge is 2.40. The van der Waals surface area contributed by atoms with Crippen LogP contribution in [0.2, 0.25) is 0 Å². The van der Waals surface area contributed by atoms with Crippen LogP contribution < -0.4 is 0 Å². The zero-order chi connectivity index (χ0) is 13.5. The molecule has 0 heterocycles. The molecule has 0 spiro atoms. The summed E-state index contributed by atoms with van der Waals surface area (Å²) in [6, 6.07) is 8.05. The third-order valence-corrected chi connectivity index (χ3v) is 3.66. The van der Waals surface area contributed by atoms with E-state index in [9.17, 15) is 4.79 Å². The first-order valence-corrected chi connectivity index (χ1v) is 6.32. The Morgan fingerprint density at radius 2 is 1.72 bits per heavy atom. The van der Waals surface area contributed by atoms with E-state index in [1.54, 1.807) is 0 Å². The molecule has 0 N–H and O–H groups in total. The number of rotatable bonds is 2. The van der Waals surface area contributed by atoms with Crippen LogP contribution in [-0.4, -0.2) is 12.9 Å². The number of benzene rings is 1. The fraction of sp³-hybridized carbons (Fsp3) is 0.400.